The van der Waals surface area contributed by atoms with Crippen molar-refractivity contribution in [1.29, 1.82) is 0 Å². The van der Waals surface area contributed by atoms with E-state index in [2.05, 4.69) is 16.3 Å². The molecule has 0 aromatic heterocycles. The predicted octanol–water partition coefficient (Wildman–Crippen LogP) is 2.03. The molecule has 1 aromatic rings. The Morgan fingerprint density at radius 1 is 1.21 bits per heavy atom. The molecule has 4 heteroatoms. The van der Waals surface area contributed by atoms with Gasteiger partial charge in [-0.25, -0.2) is 0 Å². The lowest BCUT2D eigenvalue weighted by atomic mass is 10.1. The molecule has 104 valence electrons. The average Bonchev–Trinajstić information content (AvgIpc) is 2.95. The fraction of sp³-hybridized carbons (Fsp3) is 0.600. The van der Waals surface area contributed by atoms with Crippen LogP contribution < -0.4 is 19.7 Å². The van der Waals surface area contributed by atoms with Crippen LogP contribution in [0.2, 0.25) is 0 Å². The largest absolute Gasteiger partial charge is 0.497 e. The smallest absolute Gasteiger partial charge is 0.145 e. The molecular formula is C15H22N2O2. The quantitative estimate of drug-likeness (QED) is 0.904. The first-order valence-electron chi connectivity index (χ1n) is 7.05. The van der Waals surface area contributed by atoms with Gasteiger partial charge >= 0.3 is 0 Å². The van der Waals surface area contributed by atoms with Gasteiger partial charge in [-0.1, -0.05) is 0 Å². The molecule has 1 aromatic carbocycles. The summed E-state index contributed by atoms with van der Waals surface area (Å²) in [5.41, 5.74) is 1.20. The number of hydrogen-bond donors (Lipinski definition) is 1. The van der Waals surface area contributed by atoms with Gasteiger partial charge in [-0.05, 0) is 31.4 Å². The van der Waals surface area contributed by atoms with Crippen LogP contribution in [0.4, 0.5) is 5.69 Å². The Balaban J connectivity index is 1.92. The molecule has 1 aliphatic carbocycles. The van der Waals surface area contributed by atoms with Gasteiger partial charge in [0.15, 0.2) is 0 Å². The van der Waals surface area contributed by atoms with Crippen LogP contribution >= 0.6 is 0 Å². The molecule has 3 rings (SSSR count). The molecule has 0 bridgehead atoms. The van der Waals surface area contributed by atoms with E-state index in [1.54, 1.807) is 14.2 Å². The number of methoxy groups -OCH3 is 2. The average molecular weight is 262 g/mol. The Hall–Kier alpha value is -1.42. The van der Waals surface area contributed by atoms with Gasteiger partial charge in [-0.2, -0.15) is 0 Å². The summed E-state index contributed by atoms with van der Waals surface area (Å²) in [7, 11) is 3.42. The number of ether oxygens (including phenoxy) is 2. The molecule has 1 N–H and O–H groups in total. The van der Waals surface area contributed by atoms with Crippen LogP contribution in [-0.4, -0.2) is 39.4 Å². The highest BCUT2D eigenvalue weighted by Gasteiger charge is 2.35. The summed E-state index contributed by atoms with van der Waals surface area (Å²) in [6, 6.07) is 7.36. The first kappa shape index (κ1) is 12.6. The Morgan fingerprint density at radius 2 is 2.11 bits per heavy atom. The van der Waals surface area contributed by atoms with E-state index in [4.69, 9.17) is 9.47 Å². The molecule has 0 radical (unpaired) electrons. The maximum absolute atomic E-state index is 5.55. The van der Waals surface area contributed by atoms with E-state index < -0.39 is 0 Å². The molecule has 0 amide bonds. The molecule has 19 heavy (non-hydrogen) atoms. The second-order valence-corrected chi connectivity index (χ2v) is 5.29. The third kappa shape index (κ3) is 2.25. The van der Waals surface area contributed by atoms with Crippen molar-refractivity contribution in [3.05, 3.63) is 18.2 Å². The minimum absolute atomic E-state index is 0.607. The summed E-state index contributed by atoms with van der Waals surface area (Å²) in [5.74, 6) is 1.76. The topological polar surface area (TPSA) is 33.7 Å². The molecule has 0 spiro atoms. The number of rotatable bonds is 3. The lowest BCUT2D eigenvalue weighted by molar-refractivity contribution is 0.380. The maximum Gasteiger partial charge on any atom is 0.145 e. The van der Waals surface area contributed by atoms with Crippen LogP contribution in [0.5, 0.6) is 11.5 Å². The molecule has 2 fully saturated rings. The van der Waals surface area contributed by atoms with Gasteiger partial charge in [0.05, 0.1) is 19.9 Å². The lowest BCUT2D eigenvalue weighted by Crippen LogP contribution is -2.55. The van der Waals surface area contributed by atoms with Crippen LogP contribution in [0, 0.1) is 0 Å². The minimum Gasteiger partial charge on any atom is -0.497 e. The van der Waals surface area contributed by atoms with Crippen LogP contribution in [0.3, 0.4) is 0 Å². The van der Waals surface area contributed by atoms with Crippen molar-refractivity contribution in [2.75, 3.05) is 32.2 Å². The molecule has 1 saturated carbocycles. The van der Waals surface area contributed by atoms with E-state index in [9.17, 15) is 0 Å². The van der Waals surface area contributed by atoms with Crippen LogP contribution in [0.1, 0.15) is 19.3 Å². The minimum atomic E-state index is 0.607. The van der Waals surface area contributed by atoms with E-state index in [0.29, 0.717) is 12.1 Å². The van der Waals surface area contributed by atoms with Crippen LogP contribution in [0.15, 0.2) is 18.2 Å². The van der Waals surface area contributed by atoms with Crippen LogP contribution in [-0.2, 0) is 0 Å². The van der Waals surface area contributed by atoms with Gasteiger partial charge < -0.3 is 19.7 Å². The SMILES string of the molecule is COc1ccc(N2CCN[C@H]3CCC[C@@H]32)c(OC)c1. The number of anilines is 1. The summed E-state index contributed by atoms with van der Waals surface area (Å²) in [6.07, 6.45) is 3.88. The fourth-order valence-electron chi connectivity index (χ4n) is 3.41. The third-order valence-electron chi connectivity index (χ3n) is 4.34. The van der Waals surface area contributed by atoms with Crippen molar-refractivity contribution >= 4 is 5.69 Å². The molecule has 1 aliphatic heterocycles. The van der Waals surface area contributed by atoms with Gasteiger partial charge in [0, 0.05) is 31.2 Å². The number of nitrogens with one attached hydrogen (secondary N) is 1. The number of benzene rings is 1. The molecule has 1 saturated heterocycles. The number of piperazine rings is 1. The van der Waals surface area contributed by atoms with Crippen molar-refractivity contribution in [1.82, 2.24) is 5.32 Å². The fourth-order valence-corrected chi connectivity index (χ4v) is 3.41. The van der Waals surface area contributed by atoms with E-state index in [1.165, 1.54) is 24.9 Å². The normalized spacial score (nSPS) is 26.1. The molecular weight excluding hydrogens is 240 g/mol. The monoisotopic (exact) mass is 262 g/mol. The third-order valence-corrected chi connectivity index (χ3v) is 4.34. The highest BCUT2D eigenvalue weighted by atomic mass is 16.5. The summed E-state index contributed by atoms with van der Waals surface area (Å²) in [6.45, 7) is 2.10. The van der Waals surface area contributed by atoms with Gasteiger partial charge in [0.1, 0.15) is 11.5 Å². The van der Waals surface area contributed by atoms with Gasteiger partial charge in [0.25, 0.3) is 0 Å². The summed E-state index contributed by atoms with van der Waals surface area (Å²) >= 11 is 0. The lowest BCUT2D eigenvalue weighted by Gasteiger charge is -2.40. The number of hydrogen-bond acceptors (Lipinski definition) is 4. The van der Waals surface area contributed by atoms with Crippen molar-refractivity contribution in [2.45, 2.75) is 31.3 Å². The number of fused-ring (bicyclic) bond motifs is 1. The first-order valence-corrected chi connectivity index (χ1v) is 7.05. The van der Waals surface area contributed by atoms with E-state index in [-0.39, 0.29) is 0 Å². The summed E-state index contributed by atoms with van der Waals surface area (Å²) < 4.78 is 10.8. The molecule has 1 heterocycles. The zero-order chi connectivity index (χ0) is 13.2. The molecule has 2 aliphatic rings. The highest BCUT2D eigenvalue weighted by molar-refractivity contribution is 5.62. The van der Waals surface area contributed by atoms with Crippen molar-refractivity contribution in [2.24, 2.45) is 0 Å². The Bertz CT molecular complexity index is 450. The zero-order valence-corrected chi connectivity index (χ0v) is 11.7. The van der Waals surface area contributed by atoms with E-state index in [1.807, 2.05) is 12.1 Å². The predicted molar refractivity (Wildman–Crippen MR) is 76.3 cm³/mol. The first-order chi connectivity index (χ1) is 9.33. The van der Waals surface area contributed by atoms with E-state index in [0.717, 1.165) is 24.6 Å². The summed E-state index contributed by atoms with van der Waals surface area (Å²) in [5, 5.41) is 3.63. The van der Waals surface area contributed by atoms with E-state index >= 15 is 0 Å². The molecule has 0 unspecified atom stereocenters. The van der Waals surface area contributed by atoms with Crippen molar-refractivity contribution in [3.63, 3.8) is 0 Å². The maximum atomic E-state index is 5.55. The molecule has 2 atom stereocenters. The van der Waals surface area contributed by atoms with Crippen molar-refractivity contribution in [3.8, 4) is 11.5 Å². The Kier molecular flexibility index (Phi) is 3.51. The summed E-state index contributed by atoms with van der Waals surface area (Å²) in [4.78, 5) is 2.51. The van der Waals surface area contributed by atoms with Crippen molar-refractivity contribution < 1.29 is 9.47 Å². The zero-order valence-electron chi connectivity index (χ0n) is 11.7. The Morgan fingerprint density at radius 3 is 2.89 bits per heavy atom. The Labute approximate surface area is 114 Å². The van der Waals surface area contributed by atoms with Crippen LogP contribution in [0.25, 0.3) is 0 Å². The second-order valence-electron chi connectivity index (χ2n) is 5.29. The molecule has 4 nitrogen and oxygen atoms in total. The highest BCUT2D eigenvalue weighted by Crippen LogP contribution is 2.37. The second kappa shape index (κ2) is 5.29. The number of nitrogens with zero attached hydrogens (tertiary/aromatic N) is 1. The van der Waals surface area contributed by atoms with Gasteiger partial charge in [-0.15, -0.1) is 0 Å². The van der Waals surface area contributed by atoms with Gasteiger partial charge in [0.2, 0.25) is 0 Å². The van der Waals surface area contributed by atoms with Gasteiger partial charge in [-0.3, -0.25) is 0 Å². The standard InChI is InChI=1S/C15H22N2O2/c1-18-11-6-7-14(15(10-11)19-2)17-9-8-16-12-4-3-5-13(12)17/h6-7,10,12-13,16H,3-5,8-9H2,1-2H3/t12-,13-/m0/s1.